The van der Waals surface area contributed by atoms with Gasteiger partial charge in [0, 0.05) is 16.5 Å². The molecule has 0 aliphatic heterocycles. The molecule has 0 saturated heterocycles. The van der Waals surface area contributed by atoms with E-state index in [2.05, 4.69) is 5.32 Å². The van der Waals surface area contributed by atoms with Gasteiger partial charge in [-0.3, -0.25) is 9.59 Å². The van der Waals surface area contributed by atoms with Crippen molar-refractivity contribution in [3.63, 3.8) is 0 Å². The molecule has 122 valence electrons. The lowest BCUT2D eigenvalue weighted by atomic mass is 9.44. The molecular formula is C19H23NO3. The number of rotatable bonds is 3. The van der Waals surface area contributed by atoms with E-state index in [-0.39, 0.29) is 11.7 Å². The Morgan fingerprint density at radius 3 is 2.48 bits per heavy atom. The number of amides is 1. The summed E-state index contributed by atoms with van der Waals surface area (Å²) in [6.45, 7) is 1.64. The van der Waals surface area contributed by atoms with Gasteiger partial charge < -0.3 is 10.4 Å². The number of aliphatic hydroxyl groups is 1. The number of hydrogen-bond acceptors (Lipinski definition) is 3. The molecular weight excluding hydrogens is 290 g/mol. The monoisotopic (exact) mass is 313 g/mol. The first-order valence-corrected chi connectivity index (χ1v) is 8.45. The number of Topliss-reactive ketones (excluding diaryl/α,β-unsaturated/α-hetero) is 1. The lowest BCUT2D eigenvalue weighted by Gasteiger charge is -2.64. The Morgan fingerprint density at radius 1 is 1.09 bits per heavy atom. The van der Waals surface area contributed by atoms with Crippen LogP contribution in [0.25, 0.3) is 0 Å². The largest absolute Gasteiger partial charge is 0.390 e. The molecule has 0 heterocycles. The highest BCUT2D eigenvalue weighted by Gasteiger charge is 2.64. The molecule has 0 spiro atoms. The third-order valence-corrected chi connectivity index (χ3v) is 6.20. The van der Waals surface area contributed by atoms with Gasteiger partial charge >= 0.3 is 0 Å². The van der Waals surface area contributed by atoms with E-state index in [1.807, 2.05) is 18.2 Å². The number of carbonyl (C=O) groups is 2. The average Bonchev–Trinajstić information content (AvgIpc) is 2.45. The van der Waals surface area contributed by atoms with Gasteiger partial charge in [-0.15, -0.1) is 0 Å². The Bertz CT molecular complexity index is 672. The van der Waals surface area contributed by atoms with Crippen LogP contribution in [0.1, 0.15) is 55.8 Å². The molecule has 4 atom stereocenters. The second kappa shape index (κ2) is 4.67. The van der Waals surface area contributed by atoms with E-state index < -0.39 is 16.6 Å². The summed E-state index contributed by atoms with van der Waals surface area (Å²) < 4.78 is 0. The van der Waals surface area contributed by atoms with Crippen molar-refractivity contribution in [2.45, 2.75) is 56.6 Å². The second-order valence-corrected chi connectivity index (χ2v) is 8.17. The number of nitrogens with one attached hydrogen (secondary N) is 1. The van der Waals surface area contributed by atoms with Gasteiger partial charge in [0.15, 0.2) is 0 Å². The maximum Gasteiger partial charge on any atom is 0.251 e. The summed E-state index contributed by atoms with van der Waals surface area (Å²) in [6, 6.07) is 9.17. The molecule has 0 aromatic heterocycles. The molecule has 1 aromatic rings. The number of ketones is 1. The molecule has 5 rings (SSSR count). The van der Waals surface area contributed by atoms with E-state index in [4.69, 9.17) is 0 Å². The quantitative estimate of drug-likeness (QED) is 0.901. The zero-order valence-corrected chi connectivity index (χ0v) is 13.5. The first-order valence-electron chi connectivity index (χ1n) is 8.45. The van der Waals surface area contributed by atoms with Crippen LogP contribution in [0.5, 0.6) is 0 Å². The minimum absolute atomic E-state index is 0.102. The minimum Gasteiger partial charge on any atom is -0.390 e. The lowest BCUT2D eigenvalue weighted by Crippen LogP contribution is -2.69. The van der Waals surface area contributed by atoms with Crippen LogP contribution in [0.2, 0.25) is 0 Å². The van der Waals surface area contributed by atoms with Crippen molar-refractivity contribution in [1.82, 2.24) is 5.32 Å². The minimum atomic E-state index is -0.797. The SMILES string of the molecule is CC(=O)C12CC3CC(O)(CC(NC(=O)c4ccccc4)(C3)C1)C2. The summed E-state index contributed by atoms with van der Waals surface area (Å²) in [4.78, 5) is 24.9. The Kier molecular flexibility index (Phi) is 3.02. The van der Waals surface area contributed by atoms with E-state index in [0.29, 0.717) is 30.7 Å². The van der Waals surface area contributed by atoms with Crippen LogP contribution in [-0.4, -0.2) is 27.9 Å². The second-order valence-electron chi connectivity index (χ2n) is 8.17. The van der Waals surface area contributed by atoms with E-state index in [1.165, 1.54) is 0 Å². The Hall–Kier alpha value is -1.68. The first-order chi connectivity index (χ1) is 10.8. The molecule has 2 N–H and O–H groups in total. The van der Waals surface area contributed by atoms with Crippen LogP contribution in [-0.2, 0) is 4.79 Å². The molecule has 4 nitrogen and oxygen atoms in total. The highest BCUT2D eigenvalue weighted by molar-refractivity contribution is 5.95. The van der Waals surface area contributed by atoms with Gasteiger partial charge in [-0.2, -0.15) is 0 Å². The number of hydrogen-bond donors (Lipinski definition) is 2. The van der Waals surface area contributed by atoms with Gasteiger partial charge in [0.05, 0.1) is 5.60 Å². The fourth-order valence-corrected chi connectivity index (χ4v) is 5.82. The van der Waals surface area contributed by atoms with Crippen molar-refractivity contribution in [3.05, 3.63) is 35.9 Å². The molecule has 4 aliphatic rings. The highest BCUT2D eigenvalue weighted by Crippen LogP contribution is 2.63. The molecule has 1 amide bonds. The zero-order chi connectivity index (χ0) is 16.3. The summed E-state index contributed by atoms with van der Waals surface area (Å²) in [6.07, 6.45) is 4.33. The van der Waals surface area contributed by atoms with E-state index in [0.717, 1.165) is 19.3 Å². The third kappa shape index (κ3) is 2.31. The molecule has 23 heavy (non-hydrogen) atoms. The summed E-state index contributed by atoms with van der Waals surface area (Å²) in [7, 11) is 0. The van der Waals surface area contributed by atoms with Gasteiger partial charge in [-0.05, 0) is 63.5 Å². The van der Waals surface area contributed by atoms with E-state index >= 15 is 0 Å². The van der Waals surface area contributed by atoms with Crippen molar-refractivity contribution in [2.24, 2.45) is 11.3 Å². The Morgan fingerprint density at radius 2 is 1.83 bits per heavy atom. The van der Waals surface area contributed by atoms with Crippen LogP contribution in [0.15, 0.2) is 30.3 Å². The molecule has 4 unspecified atom stereocenters. The summed E-state index contributed by atoms with van der Waals surface area (Å²) in [5, 5.41) is 14.2. The van der Waals surface area contributed by atoms with E-state index in [9.17, 15) is 14.7 Å². The molecule has 0 radical (unpaired) electrons. The lowest BCUT2D eigenvalue weighted by molar-refractivity contribution is -0.184. The van der Waals surface area contributed by atoms with Crippen LogP contribution in [0.4, 0.5) is 0 Å². The van der Waals surface area contributed by atoms with Crippen molar-refractivity contribution < 1.29 is 14.7 Å². The summed E-state index contributed by atoms with van der Waals surface area (Å²) in [5.74, 6) is 0.393. The van der Waals surface area contributed by atoms with Gasteiger partial charge in [0.2, 0.25) is 0 Å². The zero-order valence-electron chi connectivity index (χ0n) is 13.5. The number of carbonyl (C=O) groups excluding carboxylic acids is 2. The molecule has 4 aliphatic carbocycles. The van der Waals surface area contributed by atoms with Crippen LogP contribution in [0, 0.1) is 11.3 Å². The van der Waals surface area contributed by atoms with Gasteiger partial charge in [0.1, 0.15) is 5.78 Å². The van der Waals surface area contributed by atoms with Crippen LogP contribution < -0.4 is 5.32 Å². The van der Waals surface area contributed by atoms with Crippen LogP contribution >= 0.6 is 0 Å². The fraction of sp³-hybridized carbons (Fsp3) is 0.579. The average molecular weight is 313 g/mol. The molecule has 1 aromatic carbocycles. The third-order valence-electron chi connectivity index (χ3n) is 6.20. The maximum atomic E-state index is 12.6. The van der Waals surface area contributed by atoms with Gasteiger partial charge in [-0.1, -0.05) is 18.2 Å². The predicted molar refractivity (Wildman–Crippen MR) is 85.9 cm³/mol. The van der Waals surface area contributed by atoms with Crippen molar-refractivity contribution in [2.75, 3.05) is 0 Å². The van der Waals surface area contributed by atoms with Crippen molar-refractivity contribution >= 4 is 11.7 Å². The molecule has 4 bridgehead atoms. The van der Waals surface area contributed by atoms with E-state index in [1.54, 1.807) is 19.1 Å². The summed E-state index contributed by atoms with van der Waals surface area (Å²) >= 11 is 0. The topological polar surface area (TPSA) is 66.4 Å². The van der Waals surface area contributed by atoms with Crippen molar-refractivity contribution in [3.8, 4) is 0 Å². The fourth-order valence-electron chi connectivity index (χ4n) is 5.82. The Labute approximate surface area is 136 Å². The summed E-state index contributed by atoms with van der Waals surface area (Å²) in [5.41, 5.74) is -1.05. The highest BCUT2D eigenvalue weighted by atomic mass is 16.3. The normalized spacial score (nSPS) is 40.9. The smallest absolute Gasteiger partial charge is 0.251 e. The van der Waals surface area contributed by atoms with Crippen LogP contribution in [0.3, 0.4) is 0 Å². The van der Waals surface area contributed by atoms with Gasteiger partial charge in [-0.25, -0.2) is 0 Å². The molecule has 4 heteroatoms. The predicted octanol–water partition coefficient (Wildman–Crippen LogP) is 2.46. The molecule has 4 saturated carbocycles. The van der Waals surface area contributed by atoms with Crippen molar-refractivity contribution in [1.29, 1.82) is 0 Å². The maximum absolute atomic E-state index is 12.6. The first kappa shape index (κ1) is 14.9. The Balaban J connectivity index is 1.65. The number of benzene rings is 1. The standard InChI is InChI=1S/C19H23NO3/c1-13(21)17-7-14-8-18(10-17,12-19(23,9-14)11-17)20-16(22)15-5-3-2-4-6-15/h2-6,14,23H,7-12H2,1H3,(H,20,22). The molecule has 4 fully saturated rings. The van der Waals surface area contributed by atoms with Gasteiger partial charge in [0.25, 0.3) is 5.91 Å².